The zero-order valence-corrected chi connectivity index (χ0v) is 60.3. The van der Waals surface area contributed by atoms with E-state index in [9.17, 15) is 0 Å². The number of halogens is 1. The maximum Gasteiger partial charge on any atom is 0.494 e. The van der Waals surface area contributed by atoms with Crippen LogP contribution in [0.15, 0.2) is 388 Å². The Bertz CT molecular complexity index is 5250. The van der Waals surface area contributed by atoms with Gasteiger partial charge in [0, 0.05) is 33.9 Å². The van der Waals surface area contributed by atoms with Gasteiger partial charge in [0.2, 0.25) is 0 Å². The minimum atomic E-state index is -0.430. The van der Waals surface area contributed by atoms with Gasteiger partial charge in [0.25, 0.3) is 0 Å². The van der Waals surface area contributed by atoms with Crippen molar-refractivity contribution in [1.29, 1.82) is 0 Å². The van der Waals surface area contributed by atoms with Crippen LogP contribution in [-0.4, -0.2) is 38.3 Å². The van der Waals surface area contributed by atoms with Crippen LogP contribution in [0, 0.1) is 0 Å². The fourth-order valence-corrected chi connectivity index (χ4v) is 13.3. The van der Waals surface area contributed by atoms with Gasteiger partial charge in [0.05, 0.1) is 28.3 Å². The first-order valence-corrected chi connectivity index (χ1v) is 36.2. The number of aromatic nitrogens is 4. The molecule has 6 nitrogen and oxygen atoms in total. The van der Waals surface area contributed by atoms with Crippen LogP contribution in [0.2, 0.25) is 5.15 Å². The molecule has 8 heteroatoms. The zero-order chi connectivity index (χ0) is 72.2. The van der Waals surface area contributed by atoms with Crippen LogP contribution in [0.4, 0.5) is 0 Å². The van der Waals surface area contributed by atoms with Gasteiger partial charge in [-0.3, -0.25) is 0 Å². The Morgan fingerprint density at radius 3 is 0.710 bits per heavy atom. The van der Waals surface area contributed by atoms with Crippen LogP contribution < -0.4 is 5.46 Å². The number of nitrogens with zero attached hydrogens (tertiary/aromatic N) is 4. The van der Waals surface area contributed by atoms with E-state index in [1.807, 2.05) is 97.1 Å². The molecule has 17 rings (SSSR count). The van der Waals surface area contributed by atoms with E-state index in [2.05, 4.69) is 323 Å². The summed E-state index contributed by atoms with van der Waals surface area (Å²) < 4.78 is 12.9. The van der Waals surface area contributed by atoms with Crippen LogP contribution >= 0.6 is 11.6 Å². The normalized spacial score (nSPS) is 12.5. The van der Waals surface area contributed by atoms with Gasteiger partial charge in [-0.05, 0) is 153 Å². The summed E-state index contributed by atoms with van der Waals surface area (Å²) in [5, 5.41) is 0.452. The summed E-state index contributed by atoms with van der Waals surface area (Å²) in [6, 6.07) is 135. The molecule has 1 saturated heterocycles. The van der Waals surface area contributed by atoms with E-state index in [0.717, 1.165) is 94.9 Å². The zero-order valence-electron chi connectivity index (χ0n) is 59.5. The van der Waals surface area contributed by atoms with Gasteiger partial charge in [-0.25, -0.2) is 19.9 Å². The maximum absolute atomic E-state index is 6.46. The van der Waals surface area contributed by atoms with Crippen molar-refractivity contribution in [2.45, 2.75) is 46.3 Å². The Kier molecular flexibility index (Phi) is 21.8. The van der Waals surface area contributed by atoms with Crippen LogP contribution in [0.3, 0.4) is 0 Å². The standard InChI is InChI=1S/C46H32N2.C36H33BO2.C16H11ClN2.CH4/c1-5-13-33(14-6-1)35-21-25-37(26-22-35)41-29-42(38-27-23-36(24-28-38)34-15-7-2-8-16-34)31-43(30-41)45-32-44(39-17-9-3-10-18-39)47-46(48-45)40-19-11-4-12-20-40;1-35(2)36(3,4)39-37(38-35)34-24-32(30-19-15-28(16-20-30)26-11-7-5-8-12-26)23-33(25-34)31-21-17-29(18-22-31)27-13-9-6-10-14-27;17-15-11-14(12-7-3-1-4-8-12)18-16(19-15)13-9-5-2-6-10-13;/h1-32H;5-25H,1-4H3;1-11H;1H4. The molecule has 0 saturated carbocycles. The van der Waals surface area contributed by atoms with Crippen molar-refractivity contribution in [2.75, 3.05) is 0 Å². The molecule has 107 heavy (non-hydrogen) atoms. The summed E-state index contributed by atoms with van der Waals surface area (Å²) in [4.78, 5) is 19.1. The van der Waals surface area contributed by atoms with Crippen molar-refractivity contribution in [3.05, 3.63) is 393 Å². The highest BCUT2D eigenvalue weighted by Crippen LogP contribution is 2.40. The third-order valence-electron chi connectivity index (χ3n) is 19.6. The highest BCUT2D eigenvalue weighted by atomic mass is 35.5. The molecule has 3 heterocycles. The molecule has 0 N–H and O–H groups in total. The summed E-state index contributed by atoms with van der Waals surface area (Å²) in [5.41, 5.74) is 26.8. The minimum Gasteiger partial charge on any atom is -0.399 e. The Labute approximate surface area is 634 Å². The molecular weight excluding hydrogens is 1320 g/mol. The van der Waals surface area contributed by atoms with Crippen LogP contribution in [0.1, 0.15) is 35.1 Å². The first-order chi connectivity index (χ1) is 51.9. The molecule has 518 valence electrons. The quantitative estimate of drug-likeness (QED) is 0.0798. The Hall–Kier alpha value is -12.5. The lowest BCUT2D eigenvalue weighted by atomic mass is 9.76. The van der Waals surface area contributed by atoms with E-state index in [4.69, 9.17) is 30.9 Å². The Morgan fingerprint density at radius 1 is 0.215 bits per heavy atom. The second-order valence-electron chi connectivity index (χ2n) is 27.3. The third kappa shape index (κ3) is 17.0. The van der Waals surface area contributed by atoms with E-state index < -0.39 is 18.3 Å². The van der Waals surface area contributed by atoms with E-state index in [0.29, 0.717) is 16.8 Å². The molecule has 0 bridgehead atoms. The average molecular weight is 1400 g/mol. The number of benzene rings is 14. The van der Waals surface area contributed by atoms with E-state index >= 15 is 0 Å². The van der Waals surface area contributed by atoms with Gasteiger partial charge in [-0.15, -0.1) is 0 Å². The first kappa shape index (κ1) is 71.5. The van der Waals surface area contributed by atoms with Crippen LogP contribution in [0.5, 0.6) is 0 Å². The van der Waals surface area contributed by atoms with Crippen LogP contribution in [-0.2, 0) is 9.31 Å². The molecular formula is C99H80BClN4O2. The SMILES string of the molecule is C.CC1(C)OB(c2cc(-c3ccc(-c4ccccc4)cc3)cc(-c3ccc(-c4ccccc4)cc3)c2)OC1(C)C.Clc1cc(-c2ccccc2)nc(-c2ccccc2)n1.c1ccc(-c2ccc(-c3cc(-c4ccc(-c5ccccc5)cc4)cc(-c4cc(-c5ccccc5)nc(-c5ccccc5)n4)c3)cc2)cc1. The van der Waals surface area contributed by atoms with E-state index in [-0.39, 0.29) is 7.43 Å². The highest BCUT2D eigenvalue weighted by Gasteiger charge is 2.52. The third-order valence-corrected chi connectivity index (χ3v) is 19.8. The van der Waals surface area contributed by atoms with E-state index in [1.54, 1.807) is 6.07 Å². The first-order valence-electron chi connectivity index (χ1n) is 35.8. The molecule has 16 aromatic rings. The average Bonchev–Trinajstić information content (AvgIpc) is 1.65. The molecule has 0 amide bonds. The van der Waals surface area contributed by atoms with Gasteiger partial charge in [-0.2, -0.15) is 0 Å². The number of rotatable bonds is 14. The van der Waals surface area contributed by atoms with Crippen molar-refractivity contribution in [3.63, 3.8) is 0 Å². The summed E-state index contributed by atoms with van der Waals surface area (Å²) in [7, 11) is -0.430. The lowest BCUT2D eigenvalue weighted by Gasteiger charge is -2.32. The Balaban J connectivity index is 0.000000145. The van der Waals surface area contributed by atoms with Crippen molar-refractivity contribution in [1.82, 2.24) is 19.9 Å². The molecule has 0 radical (unpaired) electrons. The summed E-state index contributed by atoms with van der Waals surface area (Å²) >= 11 is 6.10. The largest absolute Gasteiger partial charge is 0.494 e. The topological polar surface area (TPSA) is 70.0 Å². The second kappa shape index (κ2) is 32.7. The molecule has 0 aliphatic carbocycles. The van der Waals surface area contributed by atoms with Crippen molar-refractivity contribution in [2.24, 2.45) is 0 Å². The van der Waals surface area contributed by atoms with Crippen molar-refractivity contribution >= 4 is 24.2 Å². The van der Waals surface area contributed by atoms with Crippen molar-refractivity contribution in [3.8, 4) is 146 Å². The molecule has 14 aromatic carbocycles. The predicted molar refractivity (Wildman–Crippen MR) is 449 cm³/mol. The summed E-state index contributed by atoms with van der Waals surface area (Å²) in [5.74, 6) is 1.35. The molecule has 1 aliphatic rings. The lowest BCUT2D eigenvalue weighted by Crippen LogP contribution is -2.41. The smallest absolute Gasteiger partial charge is 0.399 e. The maximum atomic E-state index is 6.46. The van der Waals surface area contributed by atoms with Crippen molar-refractivity contribution < 1.29 is 9.31 Å². The number of hydrogen-bond donors (Lipinski definition) is 0. The number of hydrogen-bond acceptors (Lipinski definition) is 6. The molecule has 0 unspecified atom stereocenters. The predicted octanol–water partition coefficient (Wildman–Crippen LogP) is 25.9. The molecule has 1 fully saturated rings. The van der Waals surface area contributed by atoms with Gasteiger partial charge in [-0.1, -0.05) is 371 Å². The van der Waals surface area contributed by atoms with E-state index in [1.165, 1.54) is 44.5 Å². The Morgan fingerprint density at radius 2 is 0.421 bits per heavy atom. The highest BCUT2D eigenvalue weighted by molar-refractivity contribution is 6.62. The second-order valence-corrected chi connectivity index (χ2v) is 27.7. The fourth-order valence-electron chi connectivity index (χ4n) is 13.1. The summed E-state index contributed by atoms with van der Waals surface area (Å²) in [6.45, 7) is 8.40. The molecule has 0 spiro atoms. The fraction of sp³-hybridized carbons (Fsp3) is 0.0707. The minimum absolute atomic E-state index is 0. The molecule has 0 atom stereocenters. The van der Waals surface area contributed by atoms with Crippen LogP contribution in [0.25, 0.3) is 146 Å². The van der Waals surface area contributed by atoms with Gasteiger partial charge in [0.1, 0.15) is 5.15 Å². The molecule has 1 aliphatic heterocycles. The monoisotopic (exact) mass is 1400 g/mol. The van der Waals surface area contributed by atoms with Gasteiger partial charge >= 0.3 is 7.12 Å². The lowest BCUT2D eigenvalue weighted by molar-refractivity contribution is 0.00578. The molecule has 2 aromatic heterocycles. The van der Waals surface area contributed by atoms with Gasteiger partial charge < -0.3 is 9.31 Å². The summed E-state index contributed by atoms with van der Waals surface area (Å²) in [6.07, 6.45) is 0. The van der Waals surface area contributed by atoms with Gasteiger partial charge in [0.15, 0.2) is 11.6 Å².